The van der Waals surface area contributed by atoms with Gasteiger partial charge in [-0.15, -0.1) is 0 Å². The van der Waals surface area contributed by atoms with E-state index in [4.69, 9.17) is 0 Å². The van der Waals surface area contributed by atoms with E-state index in [2.05, 4.69) is 20.6 Å². The summed E-state index contributed by atoms with van der Waals surface area (Å²) < 4.78 is 4.65. The Kier molecular flexibility index (Phi) is 6.38. The van der Waals surface area contributed by atoms with Gasteiger partial charge in [0.2, 0.25) is 0 Å². The Hall–Kier alpha value is -1.90. The molecule has 0 spiro atoms. The predicted octanol–water partition coefficient (Wildman–Crippen LogP) is 1.82. The number of methoxy groups -OCH3 is 1. The molecule has 1 atom stereocenters. The molecule has 2 rings (SSSR count). The molecule has 0 aliphatic carbocycles. The fourth-order valence-corrected chi connectivity index (χ4v) is 2.80. The van der Waals surface area contributed by atoms with Crippen molar-refractivity contribution in [1.82, 2.24) is 9.80 Å². The highest BCUT2D eigenvalue weighted by Crippen LogP contribution is 2.21. The standard InChI is InChI=1S/C17H23N3O2/c1-22-17(21)8-5-9-19-10-12-20(13-11-19)16(14-18)15-6-3-2-4-7-15/h2-4,6-7,16H,5,8-13H2,1H3/t16-/m0/s1. The number of benzene rings is 1. The van der Waals surface area contributed by atoms with Gasteiger partial charge in [-0.25, -0.2) is 0 Å². The molecule has 0 aromatic heterocycles. The molecule has 1 heterocycles. The minimum absolute atomic E-state index is 0.146. The minimum Gasteiger partial charge on any atom is -0.469 e. The number of carbonyl (C=O) groups is 1. The molecule has 5 nitrogen and oxygen atoms in total. The minimum atomic E-state index is -0.168. The van der Waals surface area contributed by atoms with Gasteiger partial charge in [-0.1, -0.05) is 30.3 Å². The van der Waals surface area contributed by atoms with Crippen LogP contribution in [0.25, 0.3) is 0 Å². The number of carbonyl (C=O) groups excluding carboxylic acids is 1. The summed E-state index contributed by atoms with van der Waals surface area (Å²) in [6, 6.07) is 12.2. The summed E-state index contributed by atoms with van der Waals surface area (Å²) in [5.74, 6) is -0.146. The molecule has 1 aliphatic heterocycles. The second-order valence-corrected chi connectivity index (χ2v) is 5.50. The van der Waals surface area contributed by atoms with Gasteiger partial charge in [0.05, 0.1) is 13.2 Å². The van der Waals surface area contributed by atoms with Gasteiger partial charge in [0.1, 0.15) is 6.04 Å². The van der Waals surface area contributed by atoms with E-state index in [-0.39, 0.29) is 12.0 Å². The Morgan fingerprint density at radius 3 is 2.55 bits per heavy atom. The Bertz CT molecular complexity index is 504. The molecule has 1 saturated heterocycles. The second-order valence-electron chi connectivity index (χ2n) is 5.50. The number of nitrogens with zero attached hydrogens (tertiary/aromatic N) is 3. The van der Waals surface area contributed by atoms with E-state index in [0.29, 0.717) is 6.42 Å². The molecule has 1 aromatic rings. The van der Waals surface area contributed by atoms with Crippen LogP contribution in [-0.2, 0) is 9.53 Å². The highest BCUT2D eigenvalue weighted by molar-refractivity contribution is 5.69. The average Bonchev–Trinajstić information content (AvgIpc) is 2.58. The first-order chi connectivity index (χ1) is 10.7. The summed E-state index contributed by atoms with van der Waals surface area (Å²) in [5.41, 5.74) is 1.06. The maximum atomic E-state index is 11.1. The lowest BCUT2D eigenvalue weighted by atomic mass is 10.1. The monoisotopic (exact) mass is 301 g/mol. The predicted molar refractivity (Wildman–Crippen MR) is 84.1 cm³/mol. The molecule has 5 heteroatoms. The number of hydrogen-bond acceptors (Lipinski definition) is 5. The molecule has 0 bridgehead atoms. The maximum absolute atomic E-state index is 11.1. The lowest BCUT2D eigenvalue weighted by molar-refractivity contribution is -0.140. The van der Waals surface area contributed by atoms with E-state index >= 15 is 0 Å². The van der Waals surface area contributed by atoms with Crippen LogP contribution in [0.1, 0.15) is 24.4 Å². The Labute approximate surface area is 132 Å². The largest absolute Gasteiger partial charge is 0.469 e. The summed E-state index contributed by atoms with van der Waals surface area (Å²) in [5, 5.41) is 9.47. The number of nitriles is 1. The summed E-state index contributed by atoms with van der Waals surface area (Å²) in [6.07, 6.45) is 1.30. The van der Waals surface area contributed by atoms with E-state index in [1.807, 2.05) is 30.3 Å². The summed E-state index contributed by atoms with van der Waals surface area (Å²) in [7, 11) is 1.42. The first-order valence-electron chi connectivity index (χ1n) is 7.72. The van der Waals surface area contributed by atoms with E-state index in [0.717, 1.165) is 44.7 Å². The number of ether oxygens (including phenoxy) is 1. The molecule has 1 aromatic carbocycles. The van der Waals surface area contributed by atoms with Crippen LogP contribution in [0, 0.1) is 11.3 Å². The Morgan fingerprint density at radius 1 is 1.27 bits per heavy atom. The maximum Gasteiger partial charge on any atom is 0.305 e. The van der Waals surface area contributed by atoms with Crippen LogP contribution < -0.4 is 0 Å². The molecular weight excluding hydrogens is 278 g/mol. The number of hydrogen-bond donors (Lipinski definition) is 0. The normalized spacial score (nSPS) is 17.6. The van der Waals surface area contributed by atoms with Crippen LogP contribution in [-0.4, -0.2) is 55.6 Å². The van der Waals surface area contributed by atoms with Crippen molar-refractivity contribution in [2.75, 3.05) is 39.8 Å². The van der Waals surface area contributed by atoms with Crippen molar-refractivity contribution in [2.24, 2.45) is 0 Å². The van der Waals surface area contributed by atoms with E-state index in [1.54, 1.807) is 0 Å². The molecular formula is C17H23N3O2. The molecule has 0 saturated carbocycles. The van der Waals surface area contributed by atoms with Gasteiger partial charge in [0.15, 0.2) is 0 Å². The smallest absolute Gasteiger partial charge is 0.305 e. The van der Waals surface area contributed by atoms with Crippen LogP contribution in [0.4, 0.5) is 0 Å². The first-order valence-corrected chi connectivity index (χ1v) is 7.72. The highest BCUT2D eigenvalue weighted by Gasteiger charge is 2.24. The molecule has 0 radical (unpaired) electrons. The topological polar surface area (TPSA) is 56.6 Å². The quantitative estimate of drug-likeness (QED) is 0.750. The zero-order valence-electron chi connectivity index (χ0n) is 13.1. The molecule has 1 fully saturated rings. The molecule has 0 N–H and O–H groups in total. The lowest BCUT2D eigenvalue weighted by Crippen LogP contribution is -2.47. The molecule has 118 valence electrons. The van der Waals surface area contributed by atoms with Gasteiger partial charge in [-0.2, -0.15) is 5.26 Å². The fraction of sp³-hybridized carbons (Fsp3) is 0.529. The van der Waals surface area contributed by atoms with Gasteiger partial charge >= 0.3 is 5.97 Å². The van der Waals surface area contributed by atoms with Crippen LogP contribution >= 0.6 is 0 Å². The van der Waals surface area contributed by atoms with Crippen LogP contribution in [0.15, 0.2) is 30.3 Å². The van der Waals surface area contributed by atoms with Gasteiger partial charge in [0.25, 0.3) is 0 Å². The van der Waals surface area contributed by atoms with Gasteiger partial charge in [-0.05, 0) is 18.5 Å². The van der Waals surface area contributed by atoms with Crippen molar-refractivity contribution in [1.29, 1.82) is 5.26 Å². The van der Waals surface area contributed by atoms with Crippen molar-refractivity contribution in [3.8, 4) is 6.07 Å². The summed E-state index contributed by atoms with van der Waals surface area (Å²) in [4.78, 5) is 15.7. The van der Waals surface area contributed by atoms with Crippen LogP contribution in [0.2, 0.25) is 0 Å². The van der Waals surface area contributed by atoms with Crippen molar-refractivity contribution in [3.05, 3.63) is 35.9 Å². The lowest BCUT2D eigenvalue weighted by Gasteiger charge is -2.37. The Morgan fingerprint density at radius 2 is 1.95 bits per heavy atom. The van der Waals surface area contributed by atoms with E-state index < -0.39 is 0 Å². The zero-order valence-corrected chi connectivity index (χ0v) is 13.1. The second kappa shape index (κ2) is 8.52. The average molecular weight is 301 g/mol. The SMILES string of the molecule is COC(=O)CCCN1CCN([C@@H](C#N)c2ccccc2)CC1. The number of piperazine rings is 1. The fourth-order valence-electron chi connectivity index (χ4n) is 2.80. The van der Waals surface area contributed by atoms with Gasteiger partial charge in [0, 0.05) is 32.6 Å². The molecule has 0 amide bonds. The van der Waals surface area contributed by atoms with E-state index in [9.17, 15) is 10.1 Å². The van der Waals surface area contributed by atoms with Crippen LogP contribution in [0.3, 0.4) is 0 Å². The number of rotatable bonds is 6. The van der Waals surface area contributed by atoms with Crippen molar-refractivity contribution < 1.29 is 9.53 Å². The third-order valence-electron chi connectivity index (χ3n) is 4.09. The van der Waals surface area contributed by atoms with Crippen LogP contribution in [0.5, 0.6) is 0 Å². The molecule has 22 heavy (non-hydrogen) atoms. The third kappa shape index (κ3) is 4.55. The van der Waals surface area contributed by atoms with Crippen molar-refractivity contribution >= 4 is 5.97 Å². The Balaban J connectivity index is 1.79. The molecule has 1 aliphatic rings. The highest BCUT2D eigenvalue weighted by atomic mass is 16.5. The van der Waals surface area contributed by atoms with Crippen molar-refractivity contribution in [2.45, 2.75) is 18.9 Å². The third-order valence-corrected chi connectivity index (χ3v) is 4.09. The van der Waals surface area contributed by atoms with Gasteiger partial charge < -0.3 is 9.64 Å². The summed E-state index contributed by atoms with van der Waals surface area (Å²) >= 11 is 0. The van der Waals surface area contributed by atoms with E-state index in [1.165, 1.54) is 7.11 Å². The zero-order chi connectivity index (χ0) is 15.8. The number of esters is 1. The summed E-state index contributed by atoms with van der Waals surface area (Å²) in [6.45, 7) is 4.54. The van der Waals surface area contributed by atoms with Crippen molar-refractivity contribution in [3.63, 3.8) is 0 Å². The first kappa shape index (κ1) is 16.5. The van der Waals surface area contributed by atoms with Gasteiger partial charge in [-0.3, -0.25) is 9.69 Å². The molecule has 0 unspecified atom stereocenters.